The summed E-state index contributed by atoms with van der Waals surface area (Å²) in [6.07, 6.45) is 1.11. The van der Waals surface area contributed by atoms with Gasteiger partial charge in [0.25, 0.3) is 0 Å². The molecule has 1 aromatic rings. The number of nitrogens with zero attached hydrogens (tertiary/aromatic N) is 1. The maximum atomic E-state index is 11.9. The van der Waals surface area contributed by atoms with Gasteiger partial charge in [0.15, 0.2) is 5.54 Å². The van der Waals surface area contributed by atoms with Crippen molar-refractivity contribution in [3.05, 3.63) is 35.9 Å². The van der Waals surface area contributed by atoms with Crippen LogP contribution in [0.25, 0.3) is 0 Å². The van der Waals surface area contributed by atoms with Gasteiger partial charge in [-0.1, -0.05) is 44.2 Å². The number of likely N-dealkylation sites (N-methyl/N-ethyl adjacent to an activating group) is 1. The molecule has 20 heavy (non-hydrogen) atoms. The number of carboxylic acid groups (broad SMARTS) is 1. The number of likely N-dealkylation sites (tertiary alicyclic amines) is 1. The molecule has 1 aromatic carbocycles. The van der Waals surface area contributed by atoms with Gasteiger partial charge in [0.1, 0.15) is 0 Å². The van der Waals surface area contributed by atoms with E-state index in [1.54, 1.807) is 7.05 Å². The number of benzene rings is 1. The molecule has 0 spiro atoms. The minimum absolute atomic E-state index is 0.272. The lowest BCUT2D eigenvalue weighted by atomic mass is 9.89. The molecule has 0 saturated carbocycles. The van der Waals surface area contributed by atoms with E-state index in [2.05, 4.69) is 24.1 Å². The molecule has 110 valence electrons. The Labute approximate surface area is 120 Å². The first-order chi connectivity index (χ1) is 9.39. The molecule has 0 aromatic heterocycles. The molecule has 0 aliphatic carbocycles. The van der Waals surface area contributed by atoms with Gasteiger partial charge >= 0.3 is 5.97 Å². The number of carbonyl (C=O) groups is 1. The molecule has 2 N–H and O–H groups in total. The van der Waals surface area contributed by atoms with Crippen molar-refractivity contribution >= 4 is 5.97 Å². The summed E-state index contributed by atoms with van der Waals surface area (Å²) in [5.41, 5.74) is 0.0378. The van der Waals surface area contributed by atoms with Gasteiger partial charge in [-0.3, -0.25) is 4.90 Å². The Morgan fingerprint density at radius 2 is 2.05 bits per heavy atom. The first-order valence-corrected chi connectivity index (χ1v) is 7.10. The van der Waals surface area contributed by atoms with Crippen molar-refractivity contribution in [1.82, 2.24) is 10.2 Å². The first-order valence-electron chi connectivity index (χ1n) is 7.10. The van der Waals surface area contributed by atoms with E-state index in [0.717, 1.165) is 25.1 Å². The van der Waals surface area contributed by atoms with Crippen LogP contribution in [0.1, 0.15) is 25.8 Å². The molecule has 4 nitrogen and oxygen atoms in total. The summed E-state index contributed by atoms with van der Waals surface area (Å²) < 4.78 is 0. The molecule has 1 aliphatic heterocycles. The van der Waals surface area contributed by atoms with Gasteiger partial charge < -0.3 is 10.4 Å². The van der Waals surface area contributed by atoms with Crippen molar-refractivity contribution < 1.29 is 9.90 Å². The van der Waals surface area contributed by atoms with Crippen LogP contribution in [0.2, 0.25) is 0 Å². The first kappa shape index (κ1) is 15.0. The van der Waals surface area contributed by atoms with Crippen LogP contribution in [0.4, 0.5) is 0 Å². The number of aliphatic carboxylic acids is 1. The van der Waals surface area contributed by atoms with Crippen molar-refractivity contribution in [3.63, 3.8) is 0 Å². The zero-order valence-corrected chi connectivity index (χ0v) is 12.5. The van der Waals surface area contributed by atoms with Crippen molar-refractivity contribution in [3.8, 4) is 0 Å². The maximum Gasteiger partial charge on any atom is 0.329 e. The van der Waals surface area contributed by atoms with Crippen LogP contribution in [-0.2, 0) is 10.3 Å². The lowest BCUT2D eigenvalue weighted by Gasteiger charge is -2.34. The van der Waals surface area contributed by atoms with Gasteiger partial charge in [-0.25, -0.2) is 4.79 Å². The molecule has 1 saturated heterocycles. The molecular weight excluding hydrogens is 252 g/mol. The van der Waals surface area contributed by atoms with E-state index in [1.807, 2.05) is 30.3 Å². The van der Waals surface area contributed by atoms with E-state index in [9.17, 15) is 9.90 Å². The largest absolute Gasteiger partial charge is 0.480 e. The third-order valence-electron chi connectivity index (χ3n) is 4.28. The lowest BCUT2D eigenvalue weighted by Crippen LogP contribution is -2.55. The monoisotopic (exact) mass is 276 g/mol. The number of hydrogen-bond donors (Lipinski definition) is 2. The maximum absolute atomic E-state index is 11.9. The Morgan fingerprint density at radius 3 is 2.50 bits per heavy atom. The van der Waals surface area contributed by atoms with Crippen LogP contribution in [0, 0.1) is 5.41 Å². The van der Waals surface area contributed by atoms with E-state index in [1.165, 1.54) is 0 Å². The molecule has 1 aliphatic rings. The van der Waals surface area contributed by atoms with Crippen molar-refractivity contribution in [2.75, 3.05) is 26.7 Å². The van der Waals surface area contributed by atoms with Crippen LogP contribution in [0.3, 0.4) is 0 Å². The standard InChI is InChI=1S/C16H24N2O2/c1-15(2)9-10-18(11-15)12-16(17-3,14(19)20)13-7-5-4-6-8-13/h4-8,17H,9-12H2,1-3H3,(H,19,20). The third-order valence-corrected chi connectivity index (χ3v) is 4.28. The summed E-state index contributed by atoms with van der Waals surface area (Å²) in [6.45, 7) is 6.86. The van der Waals surface area contributed by atoms with Gasteiger partial charge in [0.05, 0.1) is 0 Å². The van der Waals surface area contributed by atoms with Crippen LogP contribution in [0.5, 0.6) is 0 Å². The van der Waals surface area contributed by atoms with E-state index >= 15 is 0 Å². The van der Waals surface area contributed by atoms with Crippen molar-refractivity contribution in [2.24, 2.45) is 5.41 Å². The summed E-state index contributed by atoms with van der Waals surface area (Å²) in [6, 6.07) is 9.44. The van der Waals surface area contributed by atoms with E-state index in [-0.39, 0.29) is 5.41 Å². The fourth-order valence-electron chi connectivity index (χ4n) is 3.03. The second-order valence-electron chi connectivity index (χ2n) is 6.45. The summed E-state index contributed by atoms with van der Waals surface area (Å²) in [5.74, 6) is -0.823. The highest BCUT2D eigenvalue weighted by molar-refractivity contribution is 5.81. The molecule has 1 atom stereocenters. The molecule has 2 rings (SSSR count). The van der Waals surface area contributed by atoms with Gasteiger partial charge in [0, 0.05) is 13.1 Å². The number of rotatable bonds is 5. The molecular formula is C16H24N2O2. The Balaban J connectivity index is 2.27. The second-order valence-corrected chi connectivity index (χ2v) is 6.45. The highest BCUT2D eigenvalue weighted by atomic mass is 16.4. The van der Waals surface area contributed by atoms with Gasteiger partial charge in [-0.05, 0) is 31.0 Å². The Morgan fingerprint density at radius 1 is 1.40 bits per heavy atom. The molecule has 0 bridgehead atoms. The summed E-state index contributed by atoms with van der Waals surface area (Å²) in [7, 11) is 1.72. The molecule has 1 heterocycles. The lowest BCUT2D eigenvalue weighted by molar-refractivity contribution is -0.146. The SMILES string of the molecule is CNC(CN1CCC(C)(C)C1)(C(=O)O)c1ccccc1. The molecule has 4 heteroatoms. The van der Waals surface area contributed by atoms with Crippen LogP contribution in [0.15, 0.2) is 30.3 Å². The summed E-state index contributed by atoms with van der Waals surface area (Å²) in [5, 5.41) is 12.8. The van der Waals surface area contributed by atoms with Crippen LogP contribution in [-0.4, -0.2) is 42.7 Å². The van der Waals surface area contributed by atoms with E-state index in [0.29, 0.717) is 6.54 Å². The topological polar surface area (TPSA) is 52.6 Å². The van der Waals surface area contributed by atoms with Gasteiger partial charge in [-0.2, -0.15) is 0 Å². The molecule has 1 unspecified atom stereocenters. The number of nitrogens with one attached hydrogen (secondary N) is 1. The van der Waals surface area contributed by atoms with E-state index < -0.39 is 11.5 Å². The molecule has 1 fully saturated rings. The quantitative estimate of drug-likeness (QED) is 0.862. The number of hydrogen-bond acceptors (Lipinski definition) is 3. The second kappa shape index (κ2) is 5.54. The highest BCUT2D eigenvalue weighted by Gasteiger charge is 2.42. The Bertz CT molecular complexity index is 473. The molecule has 0 radical (unpaired) electrons. The fraction of sp³-hybridized carbons (Fsp3) is 0.562. The third kappa shape index (κ3) is 2.86. The fourth-order valence-corrected chi connectivity index (χ4v) is 3.03. The smallest absolute Gasteiger partial charge is 0.329 e. The minimum Gasteiger partial charge on any atom is -0.480 e. The van der Waals surface area contributed by atoms with Crippen LogP contribution < -0.4 is 5.32 Å². The van der Waals surface area contributed by atoms with E-state index in [4.69, 9.17) is 0 Å². The summed E-state index contributed by atoms with van der Waals surface area (Å²) >= 11 is 0. The molecule has 0 amide bonds. The predicted molar refractivity (Wildman–Crippen MR) is 79.7 cm³/mol. The van der Waals surface area contributed by atoms with Gasteiger partial charge in [0.2, 0.25) is 0 Å². The Kier molecular flexibility index (Phi) is 4.16. The zero-order valence-electron chi connectivity index (χ0n) is 12.5. The predicted octanol–water partition coefficient (Wildman–Crippen LogP) is 1.92. The Hall–Kier alpha value is -1.39. The normalized spacial score (nSPS) is 21.6. The minimum atomic E-state index is -1.04. The summed E-state index contributed by atoms with van der Waals surface area (Å²) in [4.78, 5) is 14.2. The number of carboxylic acids is 1. The van der Waals surface area contributed by atoms with Crippen molar-refractivity contribution in [2.45, 2.75) is 25.8 Å². The zero-order chi connectivity index (χ0) is 14.8. The highest BCUT2D eigenvalue weighted by Crippen LogP contribution is 2.32. The average molecular weight is 276 g/mol. The average Bonchev–Trinajstić information content (AvgIpc) is 2.76. The van der Waals surface area contributed by atoms with Gasteiger partial charge in [-0.15, -0.1) is 0 Å². The van der Waals surface area contributed by atoms with Crippen molar-refractivity contribution in [1.29, 1.82) is 0 Å². The van der Waals surface area contributed by atoms with Crippen LogP contribution >= 0.6 is 0 Å².